The fourth-order valence-electron chi connectivity index (χ4n) is 3.48. The molecule has 0 radical (unpaired) electrons. The third-order valence-electron chi connectivity index (χ3n) is 5.07. The Labute approximate surface area is 176 Å². The van der Waals surface area contributed by atoms with Crippen LogP contribution in [-0.2, 0) is 0 Å². The van der Waals surface area contributed by atoms with E-state index in [1.807, 2.05) is 6.92 Å². The quantitative estimate of drug-likeness (QED) is 0.484. The zero-order chi connectivity index (χ0) is 21.5. The number of nitrogens with one attached hydrogen (secondary N) is 2. The Bertz CT molecular complexity index is 981. The number of aliphatic hydroxyl groups excluding tert-OH is 1. The van der Waals surface area contributed by atoms with E-state index in [1.165, 1.54) is 0 Å². The van der Waals surface area contributed by atoms with Gasteiger partial charge in [0.1, 0.15) is 12.4 Å². The summed E-state index contributed by atoms with van der Waals surface area (Å²) in [5, 5.41) is 15.3. The summed E-state index contributed by atoms with van der Waals surface area (Å²) in [4.78, 5) is 25.7. The summed E-state index contributed by atoms with van der Waals surface area (Å²) < 4.78 is 5.59. The largest absolute Gasteiger partial charge is 0.490 e. The molecule has 0 bridgehead atoms. The normalized spacial score (nSPS) is 15.2. The molecule has 1 aliphatic heterocycles. The molecule has 0 aromatic heterocycles. The van der Waals surface area contributed by atoms with Gasteiger partial charge in [-0.25, -0.2) is 0 Å². The molecule has 0 spiro atoms. The topological polar surface area (TPSA) is 87.7 Å². The lowest BCUT2D eigenvalue weighted by Crippen LogP contribution is -2.36. The summed E-state index contributed by atoms with van der Waals surface area (Å²) in [5.74, 6) is 5.89. The van der Waals surface area contributed by atoms with Crippen molar-refractivity contribution in [2.75, 3.05) is 26.3 Å². The first kappa shape index (κ1) is 21.6. The van der Waals surface area contributed by atoms with Crippen molar-refractivity contribution in [1.29, 1.82) is 0 Å². The number of rotatable bonds is 7. The van der Waals surface area contributed by atoms with Crippen molar-refractivity contribution in [3.63, 3.8) is 0 Å². The Hall–Kier alpha value is -3.14. The van der Waals surface area contributed by atoms with Gasteiger partial charge in [0.25, 0.3) is 5.91 Å². The van der Waals surface area contributed by atoms with E-state index >= 15 is 0 Å². The lowest BCUT2D eigenvalue weighted by molar-refractivity contribution is 0.0938. The maximum absolute atomic E-state index is 13.3. The molecule has 156 valence electrons. The van der Waals surface area contributed by atoms with Crippen LogP contribution in [-0.4, -0.2) is 49.1 Å². The molecule has 6 heteroatoms. The fraction of sp³-hybridized carbons (Fsp3) is 0.333. The van der Waals surface area contributed by atoms with Crippen molar-refractivity contribution in [1.82, 2.24) is 10.6 Å². The maximum Gasteiger partial charge on any atom is 0.251 e. The standard InChI is InChI=1S/C24H26N2O4/c1-3-4-17-9-10-21(30-14-13-27)22(16(17)2)23(28)18-5-7-19(8-6-18)24(29)26-20-11-12-25-15-20/h5-10,20,25,27H,11-15H2,1-2H3,(H,26,29)/t20-/m0/s1. The van der Waals surface area contributed by atoms with Gasteiger partial charge in [0, 0.05) is 29.3 Å². The third kappa shape index (κ3) is 4.88. The molecule has 1 amide bonds. The van der Waals surface area contributed by atoms with Gasteiger partial charge in [0.15, 0.2) is 5.78 Å². The maximum atomic E-state index is 13.3. The van der Waals surface area contributed by atoms with Gasteiger partial charge in [-0.1, -0.05) is 18.1 Å². The van der Waals surface area contributed by atoms with Crippen LogP contribution in [0.25, 0.3) is 0 Å². The summed E-state index contributed by atoms with van der Waals surface area (Å²) in [5.41, 5.74) is 2.85. The predicted octanol–water partition coefficient (Wildman–Crippen LogP) is 2.06. The van der Waals surface area contributed by atoms with E-state index in [4.69, 9.17) is 9.84 Å². The zero-order valence-corrected chi connectivity index (χ0v) is 17.2. The van der Waals surface area contributed by atoms with Crippen molar-refractivity contribution in [3.05, 3.63) is 64.2 Å². The molecule has 3 N–H and O–H groups in total. The fourth-order valence-corrected chi connectivity index (χ4v) is 3.48. The van der Waals surface area contributed by atoms with Gasteiger partial charge in [-0.05, 0) is 56.6 Å². The van der Waals surface area contributed by atoms with Crippen LogP contribution >= 0.6 is 0 Å². The second-order valence-corrected chi connectivity index (χ2v) is 7.13. The third-order valence-corrected chi connectivity index (χ3v) is 5.07. The molecule has 2 aromatic rings. The Kier molecular flexibility index (Phi) is 7.23. The van der Waals surface area contributed by atoms with Crippen LogP contribution in [0.3, 0.4) is 0 Å². The summed E-state index contributed by atoms with van der Waals surface area (Å²) in [6.07, 6.45) is 0.912. The minimum atomic E-state index is -0.216. The number of carbonyl (C=O) groups is 2. The van der Waals surface area contributed by atoms with Crippen LogP contribution in [0, 0.1) is 18.8 Å². The van der Waals surface area contributed by atoms with Gasteiger partial charge in [0.05, 0.1) is 12.2 Å². The first-order valence-electron chi connectivity index (χ1n) is 10.0. The smallest absolute Gasteiger partial charge is 0.251 e. The zero-order valence-electron chi connectivity index (χ0n) is 17.2. The highest BCUT2D eigenvalue weighted by Gasteiger charge is 2.21. The molecular formula is C24H26N2O4. The molecule has 1 atom stereocenters. The SMILES string of the molecule is CC#Cc1ccc(OCCO)c(C(=O)c2ccc(C(=O)N[C@H]3CCNC3)cc2)c1C. The molecule has 0 unspecified atom stereocenters. The van der Waals surface area contributed by atoms with E-state index in [9.17, 15) is 9.59 Å². The number of aliphatic hydroxyl groups is 1. The highest BCUT2D eigenvalue weighted by atomic mass is 16.5. The van der Waals surface area contributed by atoms with E-state index in [0.29, 0.717) is 22.4 Å². The molecule has 30 heavy (non-hydrogen) atoms. The number of benzene rings is 2. The number of carbonyl (C=O) groups excluding carboxylic acids is 2. The van der Waals surface area contributed by atoms with Crippen LogP contribution in [0.1, 0.15) is 50.8 Å². The van der Waals surface area contributed by atoms with Crippen LogP contribution < -0.4 is 15.4 Å². The summed E-state index contributed by atoms with van der Waals surface area (Å²) in [6.45, 7) is 5.19. The summed E-state index contributed by atoms with van der Waals surface area (Å²) in [7, 11) is 0. The molecule has 1 saturated heterocycles. The molecule has 0 saturated carbocycles. The van der Waals surface area contributed by atoms with Gasteiger partial charge in [0.2, 0.25) is 0 Å². The van der Waals surface area contributed by atoms with Gasteiger partial charge in [-0.3, -0.25) is 9.59 Å². The molecule has 3 rings (SSSR count). The molecule has 2 aromatic carbocycles. The van der Waals surface area contributed by atoms with Crippen LogP contribution in [0.2, 0.25) is 0 Å². The van der Waals surface area contributed by atoms with Crippen molar-refractivity contribution >= 4 is 11.7 Å². The highest BCUT2D eigenvalue weighted by molar-refractivity contribution is 6.12. The van der Waals surface area contributed by atoms with Crippen LogP contribution in [0.4, 0.5) is 0 Å². The lowest BCUT2D eigenvalue weighted by atomic mass is 9.94. The Morgan fingerprint density at radius 2 is 1.93 bits per heavy atom. The van der Waals surface area contributed by atoms with Crippen LogP contribution in [0.5, 0.6) is 5.75 Å². The van der Waals surface area contributed by atoms with Crippen molar-refractivity contribution in [2.24, 2.45) is 0 Å². The van der Waals surface area contributed by atoms with Crippen molar-refractivity contribution < 1.29 is 19.4 Å². The summed E-state index contributed by atoms with van der Waals surface area (Å²) >= 11 is 0. The molecule has 1 fully saturated rings. The number of ketones is 1. The minimum absolute atomic E-state index is 0.0909. The second-order valence-electron chi connectivity index (χ2n) is 7.13. The van der Waals surface area contributed by atoms with Crippen LogP contribution in [0.15, 0.2) is 36.4 Å². The molecular weight excluding hydrogens is 380 g/mol. The average molecular weight is 406 g/mol. The number of hydrogen-bond donors (Lipinski definition) is 3. The van der Waals surface area contributed by atoms with Crippen molar-refractivity contribution in [3.8, 4) is 17.6 Å². The molecule has 0 aliphatic carbocycles. The van der Waals surface area contributed by atoms with E-state index in [2.05, 4.69) is 22.5 Å². The minimum Gasteiger partial charge on any atom is -0.490 e. The van der Waals surface area contributed by atoms with Gasteiger partial charge < -0.3 is 20.5 Å². The van der Waals surface area contributed by atoms with Gasteiger partial charge in [-0.15, -0.1) is 5.92 Å². The van der Waals surface area contributed by atoms with E-state index in [1.54, 1.807) is 43.3 Å². The Balaban J connectivity index is 1.86. The lowest BCUT2D eigenvalue weighted by Gasteiger charge is -2.15. The molecule has 1 heterocycles. The average Bonchev–Trinajstić information content (AvgIpc) is 3.26. The number of ether oxygens (including phenoxy) is 1. The molecule has 6 nitrogen and oxygen atoms in total. The van der Waals surface area contributed by atoms with Gasteiger partial charge in [-0.2, -0.15) is 0 Å². The van der Waals surface area contributed by atoms with E-state index in [-0.39, 0.29) is 30.9 Å². The van der Waals surface area contributed by atoms with Crippen molar-refractivity contribution in [2.45, 2.75) is 26.3 Å². The Morgan fingerprint density at radius 3 is 2.57 bits per heavy atom. The monoisotopic (exact) mass is 406 g/mol. The number of amides is 1. The first-order chi connectivity index (χ1) is 14.5. The number of hydrogen-bond acceptors (Lipinski definition) is 5. The first-order valence-corrected chi connectivity index (χ1v) is 10.0. The van der Waals surface area contributed by atoms with E-state index < -0.39 is 0 Å². The van der Waals surface area contributed by atoms with Gasteiger partial charge >= 0.3 is 0 Å². The molecule has 1 aliphatic rings. The second kappa shape index (κ2) is 10.1. The highest BCUT2D eigenvalue weighted by Crippen LogP contribution is 2.28. The van der Waals surface area contributed by atoms with E-state index in [0.717, 1.165) is 30.6 Å². The predicted molar refractivity (Wildman–Crippen MR) is 115 cm³/mol. The summed E-state index contributed by atoms with van der Waals surface area (Å²) in [6, 6.07) is 10.3. The Morgan fingerprint density at radius 1 is 1.20 bits per heavy atom.